The molecule has 11 atom stereocenters. The van der Waals surface area contributed by atoms with Crippen molar-refractivity contribution in [3.05, 3.63) is 12.2 Å². The van der Waals surface area contributed by atoms with E-state index in [0.29, 0.717) is 43.1 Å². The minimum Gasteiger partial charge on any atom is -0.469 e. The maximum atomic E-state index is 14.5. The van der Waals surface area contributed by atoms with Gasteiger partial charge in [0.05, 0.1) is 18.9 Å². The van der Waals surface area contributed by atoms with E-state index in [1.165, 1.54) is 25.3 Å². The first-order chi connectivity index (χ1) is 26.1. The molecule has 0 aromatic heterocycles. The molecule has 0 aromatic rings. The predicted octanol–water partition coefficient (Wildman–Crippen LogP) is 9.64. The number of carbonyl (C=O) groups is 4. The first-order valence-electron chi connectivity index (χ1n) is 21.6. The number of unbranched alkanes of at least 4 members (excludes halogenated alkanes) is 4. The Bertz CT molecular complexity index is 1500. The highest BCUT2D eigenvalue weighted by Crippen LogP contribution is 2.77. The summed E-state index contributed by atoms with van der Waals surface area (Å²) in [4.78, 5) is 50.1. The van der Waals surface area contributed by atoms with Gasteiger partial charge in [0.15, 0.2) is 0 Å². The maximum absolute atomic E-state index is 14.5. The number of hydrogen-bond acceptors (Lipinski definition) is 6. The van der Waals surface area contributed by atoms with Crippen LogP contribution in [0.4, 0.5) is 13.2 Å². The molecule has 8 nitrogen and oxygen atoms in total. The third-order valence-corrected chi connectivity index (χ3v) is 17.0. The van der Waals surface area contributed by atoms with Gasteiger partial charge in [-0.3, -0.25) is 19.2 Å². The van der Waals surface area contributed by atoms with E-state index in [-0.39, 0.29) is 52.0 Å². The number of hydrogen-bond donors (Lipinski definition) is 2. The summed E-state index contributed by atoms with van der Waals surface area (Å²) in [5, 5.41) is 5.30. The zero-order valence-electron chi connectivity index (χ0n) is 35.6. The lowest BCUT2D eigenvalue weighted by atomic mass is 9.32. The molecule has 2 N–H and O–H groups in total. The average Bonchev–Trinajstić information content (AvgIpc) is 3.51. The molecule has 5 aliphatic rings. The Morgan fingerprint density at radius 3 is 2.12 bits per heavy atom. The number of allylic oxidation sites excluding steroid dienone is 1. The molecule has 0 aliphatic heterocycles. The van der Waals surface area contributed by atoms with Crippen molar-refractivity contribution in [2.75, 3.05) is 13.7 Å². The molecule has 5 aliphatic carbocycles. The fourth-order valence-corrected chi connectivity index (χ4v) is 14.0. The minimum absolute atomic E-state index is 0.0411. The lowest BCUT2D eigenvalue weighted by Crippen LogP contribution is -2.67. The second-order valence-electron chi connectivity index (χ2n) is 20.0. The molecule has 0 bridgehead atoms. The molecule has 318 valence electrons. The van der Waals surface area contributed by atoms with Gasteiger partial charge in [0.1, 0.15) is 12.1 Å². The van der Waals surface area contributed by atoms with Gasteiger partial charge in [0, 0.05) is 25.3 Å². The van der Waals surface area contributed by atoms with E-state index in [2.05, 4.69) is 58.2 Å². The van der Waals surface area contributed by atoms with Crippen molar-refractivity contribution < 1.29 is 41.8 Å². The second-order valence-corrected chi connectivity index (χ2v) is 20.0. The zero-order chi connectivity index (χ0) is 41.5. The standard InChI is InChI=1S/C45H71F3N2O6/c1-28(2)30-18-23-44(39(54)49-26-14-12-10-11-13-15-36(52)50-34(45(46,47)48)27-37(53)55-9)25-24-42(7)31(38(30)44)16-17-33-41(6)21-20-35(56-29(3)51)40(4,5)32(41)19-22-43(33,42)8/h30-35,38H,1,10-27H2,2-9H3,(H,49,54)(H,50,52)/t30-,31+,32-,33+,34?,35-,38+,41-,42+,43+,44-/m0/s1. The molecule has 56 heavy (non-hydrogen) atoms. The molecule has 5 rings (SSSR count). The van der Waals surface area contributed by atoms with Crippen LogP contribution in [0.15, 0.2) is 12.2 Å². The molecule has 2 amide bonds. The van der Waals surface area contributed by atoms with Gasteiger partial charge in [0.25, 0.3) is 0 Å². The molecule has 0 saturated heterocycles. The van der Waals surface area contributed by atoms with Crippen molar-refractivity contribution in [2.24, 2.45) is 56.7 Å². The fourth-order valence-electron chi connectivity index (χ4n) is 14.0. The number of carbonyl (C=O) groups excluding carboxylic acids is 4. The van der Waals surface area contributed by atoms with Gasteiger partial charge in [-0.15, -0.1) is 0 Å². The Labute approximate surface area is 334 Å². The third kappa shape index (κ3) is 8.05. The van der Waals surface area contributed by atoms with E-state index in [0.717, 1.165) is 77.7 Å². The Balaban J connectivity index is 1.18. The lowest BCUT2D eigenvalue weighted by Gasteiger charge is -2.72. The van der Waals surface area contributed by atoms with Gasteiger partial charge < -0.3 is 20.1 Å². The van der Waals surface area contributed by atoms with Crippen LogP contribution in [0.1, 0.15) is 158 Å². The van der Waals surface area contributed by atoms with Gasteiger partial charge in [-0.2, -0.15) is 13.2 Å². The normalized spacial score (nSPS) is 37.8. The molecular formula is C45H71F3N2O6. The Morgan fingerprint density at radius 1 is 0.804 bits per heavy atom. The van der Waals surface area contributed by atoms with Crippen LogP contribution in [0.3, 0.4) is 0 Å². The highest BCUT2D eigenvalue weighted by Gasteiger charge is 2.72. The molecule has 0 aromatic carbocycles. The van der Waals surface area contributed by atoms with E-state index < -0.39 is 35.9 Å². The van der Waals surface area contributed by atoms with Crippen LogP contribution in [0.25, 0.3) is 0 Å². The van der Waals surface area contributed by atoms with Crippen LogP contribution in [-0.4, -0.2) is 55.7 Å². The number of rotatable bonds is 14. The van der Waals surface area contributed by atoms with E-state index in [1.807, 2.05) is 5.32 Å². The number of fused-ring (bicyclic) bond motifs is 7. The second kappa shape index (κ2) is 16.6. The molecule has 5 saturated carbocycles. The number of methoxy groups -OCH3 is 1. The van der Waals surface area contributed by atoms with E-state index in [9.17, 15) is 32.3 Å². The SMILES string of the molecule is C=C(C)[C@@H]1CC[C@]2(C(=O)NCCCCCCCC(=O)NC(CC(=O)OC)C(F)(F)F)CC[C@]3(C)[C@H](CC[C@@H]4[C@@]5(C)CC[C@H](OC(C)=O)C(C)(C)[C@@H]5CC[C@]43C)[C@@H]12. The van der Waals surface area contributed by atoms with Crippen molar-refractivity contribution in [3.63, 3.8) is 0 Å². The average molecular weight is 793 g/mol. The first kappa shape index (κ1) is 44.5. The Hall–Kier alpha value is -2.59. The molecule has 11 heteroatoms. The lowest BCUT2D eigenvalue weighted by molar-refractivity contribution is -0.248. The van der Waals surface area contributed by atoms with Crippen LogP contribution in [0, 0.1) is 56.7 Å². The van der Waals surface area contributed by atoms with Gasteiger partial charge in [-0.1, -0.05) is 66.0 Å². The van der Waals surface area contributed by atoms with Crippen molar-refractivity contribution in [1.82, 2.24) is 10.6 Å². The summed E-state index contributed by atoms with van der Waals surface area (Å²) in [6, 6.07) is -2.26. The van der Waals surface area contributed by atoms with Crippen LogP contribution in [0.5, 0.6) is 0 Å². The fraction of sp³-hybridized carbons (Fsp3) is 0.867. The largest absolute Gasteiger partial charge is 0.469 e. The summed E-state index contributed by atoms with van der Waals surface area (Å²) in [7, 11) is 1.01. The van der Waals surface area contributed by atoms with Crippen LogP contribution in [-0.2, 0) is 28.7 Å². The molecule has 0 heterocycles. The van der Waals surface area contributed by atoms with E-state index in [4.69, 9.17) is 4.74 Å². The molecular weight excluding hydrogens is 721 g/mol. The number of amides is 2. The summed E-state index contributed by atoms with van der Waals surface area (Å²) in [6.07, 6.45) is 8.27. The summed E-state index contributed by atoms with van der Waals surface area (Å²) < 4.78 is 50.1. The van der Waals surface area contributed by atoms with Crippen LogP contribution < -0.4 is 10.6 Å². The minimum atomic E-state index is -4.74. The van der Waals surface area contributed by atoms with Gasteiger partial charge in [0.2, 0.25) is 11.8 Å². The van der Waals surface area contributed by atoms with Crippen molar-refractivity contribution in [2.45, 2.75) is 176 Å². The van der Waals surface area contributed by atoms with Gasteiger partial charge in [-0.25, -0.2) is 0 Å². The van der Waals surface area contributed by atoms with Crippen LogP contribution >= 0.6 is 0 Å². The quantitative estimate of drug-likeness (QED) is 0.103. The smallest absolute Gasteiger partial charge is 0.409 e. The monoisotopic (exact) mass is 793 g/mol. The summed E-state index contributed by atoms with van der Waals surface area (Å²) >= 11 is 0. The third-order valence-electron chi connectivity index (χ3n) is 17.0. The van der Waals surface area contributed by atoms with Gasteiger partial charge in [-0.05, 0) is 130 Å². The number of ether oxygens (including phenoxy) is 2. The first-order valence-corrected chi connectivity index (χ1v) is 21.6. The highest BCUT2D eigenvalue weighted by atomic mass is 19.4. The van der Waals surface area contributed by atoms with Crippen molar-refractivity contribution in [1.29, 1.82) is 0 Å². The van der Waals surface area contributed by atoms with E-state index >= 15 is 0 Å². The number of alkyl halides is 3. The van der Waals surface area contributed by atoms with Crippen LogP contribution in [0.2, 0.25) is 0 Å². The Kier molecular flexibility index (Phi) is 13.2. The van der Waals surface area contributed by atoms with Crippen molar-refractivity contribution >= 4 is 23.8 Å². The maximum Gasteiger partial charge on any atom is 0.409 e. The number of halogens is 3. The molecule has 5 fully saturated rings. The Morgan fingerprint density at radius 2 is 1.48 bits per heavy atom. The highest BCUT2D eigenvalue weighted by molar-refractivity contribution is 5.84. The topological polar surface area (TPSA) is 111 Å². The number of nitrogens with one attached hydrogen (secondary N) is 2. The molecule has 1 unspecified atom stereocenters. The molecule has 0 spiro atoms. The van der Waals surface area contributed by atoms with Gasteiger partial charge >= 0.3 is 18.1 Å². The summed E-state index contributed by atoms with van der Waals surface area (Å²) in [6.45, 7) is 21.2. The summed E-state index contributed by atoms with van der Waals surface area (Å²) in [5.74, 6) is 0.373. The van der Waals surface area contributed by atoms with Crippen molar-refractivity contribution in [3.8, 4) is 0 Å². The van der Waals surface area contributed by atoms with E-state index in [1.54, 1.807) is 0 Å². The summed E-state index contributed by atoms with van der Waals surface area (Å²) in [5.41, 5.74) is 1.16. The molecule has 0 radical (unpaired) electrons. The number of esters is 2. The predicted molar refractivity (Wildman–Crippen MR) is 210 cm³/mol. The zero-order valence-corrected chi connectivity index (χ0v) is 35.6.